The molecule has 0 aromatic carbocycles. The van der Waals surface area contributed by atoms with Crippen LogP contribution in [0.25, 0.3) is 0 Å². The second-order valence-corrected chi connectivity index (χ2v) is 3.80. The molecule has 0 aliphatic carbocycles. The quantitative estimate of drug-likeness (QED) is 0.348. The predicted molar refractivity (Wildman–Crippen MR) is 57.3 cm³/mol. The highest BCUT2D eigenvalue weighted by Crippen LogP contribution is 1.74. The van der Waals surface area contributed by atoms with Gasteiger partial charge in [0.05, 0.1) is 5.75 Å². The van der Waals surface area contributed by atoms with Crippen molar-refractivity contribution in [3.8, 4) is 11.8 Å². The van der Waals surface area contributed by atoms with Crippen LogP contribution in [-0.2, 0) is 14.9 Å². The van der Waals surface area contributed by atoms with E-state index in [1.54, 1.807) is 0 Å². The van der Waals surface area contributed by atoms with Gasteiger partial charge in [-0.3, -0.25) is 9.35 Å². The van der Waals surface area contributed by atoms with Crippen LogP contribution in [0.4, 0.5) is 0 Å². The lowest BCUT2D eigenvalue weighted by atomic mass is 10.6. The van der Waals surface area contributed by atoms with Crippen molar-refractivity contribution < 1.29 is 33.1 Å². The molecular weight excluding hydrogens is 240 g/mol. The van der Waals surface area contributed by atoms with Crippen LogP contribution >= 0.6 is 0 Å². The molecule has 0 heterocycles. The van der Waals surface area contributed by atoms with Crippen LogP contribution in [0.5, 0.6) is 0 Å². The number of aliphatic hydroxyl groups is 2. The number of carbonyl (C=O) groups is 1. The molecule has 0 saturated carbocycles. The van der Waals surface area contributed by atoms with E-state index in [1.807, 2.05) is 0 Å². The van der Waals surface area contributed by atoms with E-state index in [9.17, 15) is 8.42 Å². The standard InChI is InChI=1S/C4H6O2.C2H6O3S.C2H4O2/c5-3-1-2-4-6;1-2-6(3,4)5;1-2(3)4/h5-6H,3-4H2;2H2,1H3,(H,3,4,5);1H3,(H,3,4). The number of hydrogen-bond acceptors (Lipinski definition) is 5. The summed E-state index contributed by atoms with van der Waals surface area (Å²) in [6.45, 7) is 2.12. The van der Waals surface area contributed by atoms with Gasteiger partial charge in [0.15, 0.2) is 0 Å². The van der Waals surface area contributed by atoms with E-state index in [0.29, 0.717) is 0 Å². The highest BCUT2D eigenvalue weighted by Gasteiger charge is 1.93. The fourth-order valence-corrected chi connectivity index (χ4v) is 0.112. The molecule has 0 unspecified atom stereocenters. The van der Waals surface area contributed by atoms with E-state index in [2.05, 4.69) is 11.8 Å². The van der Waals surface area contributed by atoms with Crippen molar-refractivity contribution in [3.63, 3.8) is 0 Å². The number of aliphatic hydroxyl groups excluding tert-OH is 2. The van der Waals surface area contributed by atoms with Gasteiger partial charge in [0.2, 0.25) is 0 Å². The third-order valence-electron chi connectivity index (χ3n) is 0.648. The molecule has 0 bridgehead atoms. The molecule has 8 heteroatoms. The van der Waals surface area contributed by atoms with Gasteiger partial charge in [-0.2, -0.15) is 8.42 Å². The summed E-state index contributed by atoms with van der Waals surface area (Å²) in [6.07, 6.45) is 0. The summed E-state index contributed by atoms with van der Waals surface area (Å²) in [5, 5.41) is 23.2. The predicted octanol–water partition coefficient (Wildman–Crippen LogP) is -1.04. The Morgan fingerprint density at radius 2 is 1.38 bits per heavy atom. The highest BCUT2D eigenvalue weighted by molar-refractivity contribution is 7.85. The van der Waals surface area contributed by atoms with E-state index in [1.165, 1.54) is 6.92 Å². The monoisotopic (exact) mass is 256 g/mol. The second kappa shape index (κ2) is 13.9. The first-order valence-corrected chi connectivity index (χ1v) is 5.64. The summed E-state index contributed by atoms with van der Waals surface area (Å²) < 4.78 is 26.9. The van der Waals surface area contributed by atoms with Crippen molar-refractivity contribution in [1.82, 2.24) is 0 Å². The Kier molecular flexibility index (Phi) is 17.6. The minimum Gasteiger partial charge on any atom is -0.481 e. The van der Waals surface area contributed by atoms with Gasteiger partial charge in [0.1, 0.15) is 13.2 Å². The maximum Gasteiger partial charge on any atom is 0.300 e. The molecule has 4 N–H and O–H groups in total. The first kappa shape index (κ1) is 20.3. The highest BCUT2D eigenvalue weighted by atomic mass is 32.2. The molecule has 0 spiro atoms. The van der Waals surface area contributed by atoms with Crippen LogP contribution < -0.4 is 0 Å². The van der Waals surface area contributed by atoms with Crippen molar-refractivity contribution >= 4 is 16.1 Å². The minimum atomic E-state index is -3.66. The number of rotatable bonds is 1. The molecule has 0 fully saturated rings. The van der Waals surface area contributed by atoms with Crippen LogP contribution in [0, 0.1) is 11.8 Å². The average Bonchev–Trinajstić information content (AvgIpc) is 2.14. The van der Waals surface area contributed by atoms with E-state index in [4.69, 9.17) is 24.7 Å². The largest absolute Gasteiger partial charge is 0.481 e. The third-order valence-corrected chi connectivity index (χ3v) is 1.38. The number of carboxylic acid groups (broad SMARTS) is 1. The van der Waals surface area contributed by atoms with Gasteiger partial charge in [-0.25, -0.2) is 0 Å². The Morgan fingerprint density at radius 3 is 1.44 bits per heavy atom. The molecule has 0 rings (SSSR count). The normalized spacial score (nSPS) is 8.31. The summed E-state index contributed by atoms with van der Waals surface area (Å²) >= 11 is 0. The van der Waals surface area contributed by atoms with E-state index < -0.39 is 16.1 Å². The van der Waals surface area contributed by atoms with Gasteiger partial charge in [0.25, 0.3) is 16.1 Å². The lowest BCUT2D eigenvalue weighted by Crippen LogP contribution is -1.97. The maximum absolute atomic E-state index is 9.56. The van der Waals surface area contributed by atoms with Crippen LogP contribution in [-0.4, -0.2) is 53.2 Å². The van der Waals surface area contributed by atoms with Gasteiger partial charge < -0.3 is 15.3 Å². The van der Waals surface area contributed by atoms with Crippen molar-refractivity contribution in [2.75, 3.05) is 19.0 Å². The minimum absolute atomic E-state index is 0.166. The molecule has 0 aromatic heterocycles. The Bertz CT molecular complexity index is 297. The van der Waals surface area contributed by atoms with Crippen molar-refractivity contribution in [2.24, 2.45) is 0 Å². The van der Waals surface area contributed by atoms with Gasteiger partial charge in [-0.1, -0.05) is 11.8 Å². The van der Waals surface area contributed by atoms with E-state index in [0.717, 1.165) is 6.92 Å². The third kappa shape index (κ3) is 76.6. The summed E-state index contributed by atoms with van der Waals surface area (Å²) in [5.41, 5.74) is 0. The van der Waals surface area contributed by atoms with Crippen molar-refractivity contribution in [3.05, 3.63) is 0 Å². The Morgan fingerprint density at radius 1 is 1.19 bits per heavy atom. The van der Waals surface area contributed by atoms with E-state index in [-0.39, 0.29) is 19.0 Å². The molecule has 16 heavy (non-hydrogen) atoms. The molecule has 0 saturated heterocycles. The Hall–Kier alpha value is -1.14. The lowest BCUT2D eigenvalue weighted by Gasteiger charge is -1.79. The maximum atomic E-state index is 9.56. The van der Waals surface area contributed by atoms with Gasteiger partial charge in [-0.15, -0.1) is 0 Å². The fourth-order valence-electron chi connectivity index (χ4n) is 0.112. The Balaban J connectivity index is -0.000000162. The second-order valence-electron chi connectivity index (χ2n) is 2.06. The summed E-state index contributed by atoms with van der Waals surface area (Å²) in [7, 11) is -3.66. The SMILES string of the molecule is CC(=O)O.CCS(=O)(=O)O.OCC#CCO. The van der Waals surface area contributed by atoms with Crippen molar-refractivity contribution in [2.45, 2.75) is 13.8 Å². The zero-order valence-corrected chi connectivity index (χ0v) is 9.86. The van der Waals surface area contributed by atoms with Gasteiger partial charge in [-0.05, 0) is 6.92 Å². The lowest BCUT2D eigenvalue weighted by molar-refractivity contribution is -0.134. The number of hydrogen-bond donors (Lipinski definition) is 4. The number of carboxylic acids is 1. The summed E-state index contributed by atoms with van der Waals surface area (Å²) in [6, 6.07) is 0. The first-order valence-electron chi connectivity index (χ1n) is 4.03. The summed E-state index contributed by atoms with van der Waals surface area (Å²) in [4.78, 5) is 9.00. The first-order chi connectivity index (χ1) is 7.21. The van der Waals surface area contributed by atoms with Crippen LogP contribution in [0.1, 0.15) is 13.8 Å². The summed E-state index contributed by atoms with van der Waals surface area (Å²) in [5.74, 6) is 3.47. The van der Waals surface area contributed by atoms with Crippen LogP contribution in [0.15, 0.2) is 0 Å². The molecule has 0 aliphatic rings. The van der Waals surface area contributed by atoms with E-state index >= 15 is 0 Å². The molecular formula is C8H16O7S. The van der Waals surface area contributed by atoms with Crippen molar-refractivity contribution in [1.29, 1.82) is 0 Å². The molecule has 0 aromatic rings. The van der Waals surface area contributed by atoms with Crippen LogP contribution in [0.3, 0.4) is 0 Å². The van der Waals surface area contributed by atoms with Crippen LogP contribution in [0.2, 0.25) is 0 Å². The topological polar surface area (TPSA) is 132 Å². The molecule has 7 nitrogen and oxygen atoms in total. The molecule has 0 atom stereocenters. The molecule has 0 radical (unpaired) electrons. The molecule has 96 valence electrons. The molecule has 0 aliphatic heterocycles. The average molecular weight is 256 g/mol. The number of aliphatic carboxylic acids is 1. The Labute approximate surface area is 94.5 Å². The zero-order valence-electron chi connectivity index (χ0n) is 9.04. The van der Waals surface area contributed by atoms with Gasteiger partial charge in [0, 0.05) is 6.92 Å². The zero-order chi connectivity index (χ0) is 13.6. The fraction of sp³-hybridized carbons (Fsp3) is 0.625. The smallest absolute Gasteiger partial charge is 0.300 e. The molecule has 0 amide bonds. The van der Waals surface area contributed by atoms with Gasteiger partial charge >= 0.3 is 0 Å².